The van der Waals surface area contributed by atoms with Crippen LogP contribution in [-0.4, -0.2) is 66.0 Å². The minimum Gasteiger partial charge on any atom is -0.279 e. The first kappa shape index (κ1) is 19.8. The highest BCUT2D eigenvalue weighted by Gasteiger charge is 2.39. The molecule has 0 bridgehead atoms. The maximum atomic E-state index is 4.71. The molecule has 32 heavy (non-hydrogen) atoms. The van der Waals surface area contributed by atoms with Gasteiger partial charge in [-0.05, 0) is 49.9 Å². The average molecular weight is 431 g/mol. The first-order valence-corrected chi connectivity index (χ1v) is 12.0. The Bertz CT molecular complexity index is 1090. The molecule has 2 aliphatic heterocycles. The zero-order chi connectivity index (χ0) is 21.3. The van der Waals surface area contributed by atoms with Crippen molar-refractivity contribution in [1.82, 2.24) is 39.8 Å². The topological polar surface area (TPSA) is 67.9 Å². The highest BCUT2D eigenvalue weighted by Crippen LogP contribution is 2.36. The molecule has 0 aliphatic carbocycles. The van der Waals surface area contributed by atoms with Crippen molar-refractivity contribution in [3.05, 3.63) is 48.5 Å². The minimum absolute atomic E-state index is 0.00547. The van der Waals surface area contributed by atoms with Crippen LogP contribution in [0.3, 0.4) is 0 Å². The molecule has 8 nitrogen and oxygen atoms in total. The molecule has 2 saturated heterocycles. The Morgan fingerprint density at radius 1 is 0.531 bits per heavy atom. The standard InChI is InChI=1S/C24H30N8/c1-7-15-29(16-8-1)23(31-21-13-5-3-11-19(21)25-27-31)24(30-17-9-2-10-18-30)32-22-14-6-4-12-20(22)26-28-32/h3-6,11-14,23-24H,1-2,7-10,15-18H2. The molecule has 2 unspecified atom stereocenters. The third-order valence-electron chi connectivity index (χ3n) is 7.05. The molecule has 166 valence electrons. The van der Waals surface area contributed by atoms with E-state index in [1.165, 1.54) is 38.5 Å². The van der Waals surface area contributed by atoms with Gasteiger partial charge < -0.3 is 0 Å². The predicted octanol–water partition coefficient (Wildman–Crippen LogP) is 3.85. The van der Waals surface area contributed by atoms with Crippen molar-refractivity contribution < 1.29 is 0 Å². The molecule has 2 aromatic carbocycles. The van der Waals surface area contributed by atoms with Crippen LogP contribution in [0.4, 0.5) is 0 Å². The van der Waals surface area contributed by atoms with Gasteiger partial charge in [-0.3, -0.25) is 9.80 Å². The van der Waals surface area contributed by atoms with Crippen LogP contribution in [0.15, 0.2) is 48.5 Å². The second-order valence-corrected chi connectivity index (χ2v) is 9.07. The first-order chi connectivity index (χ1) is 15.9. The van der Waals surface area contributed by atoms with Gasteiger partial charge >= 0.3 is 0 Å². The number of aromatic nitrogens is 6. The minimum atomic E-state index is 0.00547. The number of hydrogen-bond donors (Lipinski definition) is 0. The van der Waals surface area contributed by atoms with E-state index in [-0.39, 0.29) is 12.3 Å². The van der Waals surface area contributed by atoms with E-state index in [4.69, 9.17) is 10.4 Å². The number of hydrogen-bond acceptors (Lipinski definition) is 6. The lowest BCUT2D eigenvalue weighted by Crippen LogP contribution is -2.49. The third-order valence-corrected chi connectivity index (χ3v) is 7.05. The van der Waals surface area contributed by atoms with Gasteiger partial charge in [0.25, 0.3) is 0 Å². The summed E-state index contributed by atoms with van der Waals surface area (Å²) < 4.78 is 4.30. The molecular formula is C24H30N8. The van der Waals surface area contributed by atoms with Crippen LogP contribution in [0, 0.1) is 0 Å². The Morgan fingerprint density at radius 3 is 1.38 bits per heavy atom. The molecule has 2 atom stereocenters. The van der Waals surface area contributed by atoms with Crippen molar-refractivity contribution in [2.75, 3.05) is 26.2 Å². The molecule has 4 heterocycles. The van der Waals surface area contributed by atoms with Crippen molar-refractivity contribution in [2.24, 2.45) is 0 Å². The van der Waals surface area contributed by atoms with Gasteiger partial charge in [0.05, 0.1) is 11.0 Å². The zero-order valence-electron chi connectivity index (χ0n) is 18.4. The van der Waals surface area contributed by atoms with Gasteiger partial charge in [0.2, 0.25) is 0 Å². The summed E-state index contributed by atoms with van der Waals surface area (Å²) in [7, 11) is 0. The Balaban J connectivity index is 1.54. The summed E-state index contributed by atoms with van der Waals surface area (Å²) in [5.74, 6) is 0. The van der Waals surface area contributed by atoms with Gasteiger partial charge in [-0.25, -0.2) is 9.36 Å². The van der Waals surface area contributed by atoms with E-state index in [1.807, 2.05) is 24.3 Å². The Morgan fingerprint density at radius 2 is 0.938 bits per heavy atom. The van der Waals surface area contributed by atoms with Gasteiger partial charge in [0.15, 0.2) is 0 Å². The average Bonchev–Trinajstić information content (AvgIpc) is 3.48. The molecule has 0 radical (unpaired) electrons. The maximum absolute atomic E-state index is 4.71. The predicted molar refractivity (Wildman–Crippen MR) is 124 cm³/mol. The maximum Gasteiger partial charge on any atom is 0.143 e. The van der Waals surface area contributed by atoms with Crippen LogP contribution in [0.25, 0.3) is 22.1 Å². The number of piperidine rings is 2. The second kappa shape index (κ2) is 8.60. The quantitative estimate of drug-likeness (QED) is 0.479. The second-order valence-electron chi connectivity index (χ2n) is 9.07. The van der Waals surface area contributed by atoms with Crippen molar-refractivity contribution in [3.8, 4) is 0 Å². The highest BCUT2D eigenvalue weighted by atomic mass is 15.6. The van der Waals surface area contributed by atoms with Crippen molar-refractivity contribution in [2.45, 2.75) is 50.9 Å². The molecule has 0 spiro atoms. The van der Waals surface area contributed by atoms with Crippen molar-refractivity contribution in [3.63, 3.8) is 0 Å². The number of rotatable bonds is 5. The molecule has 0 N–H and O–H groups in total. The van der Waals surface area contributed by atoms with Gasteiger partial charge in [0, 0.05) is 26.2 Å². The number of benzene rings is 2. The molecule has 4 aromatic rings. The molecule has 8 heteroatoms. The number of fused-ring (bicyclic) bond motifs is 2. The van der Waals surface area contributed by atoms with Crippen LogP contribution in [0.5, 0.6) is 0 Å². The molecule has 0 amide bonds. The van der Waals surface area contributed by atoms with Crippen LogP contribution >= 0.6 is 0 Å². The van der Waals surface area contributed by atoms with Crippen LogP contribution in [0.2, 0.25) is 0 Å². The van der Waals surface area contributed by atoms with Crippen molar-refractivity contribution in [1.29, 1.82) is 0 Å². The Labute approximate surface area is 187 Å². The molecule has 2 aliphatic rings. The first-order valence-electron chi connectivity index (χ1n) is 12.0. The van der Waals surface area contributed by atoms with Gasteiger partial charge in [-0.2, -0.15) is 0 Å². The fraction of sp³-hybridized carbons (Fsp3) is 0.500. The third kappa shape index (κ3) is 3.47. The van der Waals surface area contributed by atoms with Crippen LogP contribution in [0.1, 0.15) is 50.9 Å². The van der Waals surface area contributed by atoms with Crippen LogP contribution < -0.4 is 0 Å². The van der Waals surface area contributed by atoms with Gasteiger partial charge in [-0.15, -0.1) is 10.2 Å². The summed E-state index contributed by atoms with van der Waals surface area (Å²) in [6.45, 7) is 4.26. The van der Waals surface area contributed by atoms with E-state index < -0.39 is 0 Å². The number of para-hydroxylation sites is 2. The largest absolute Gasteiger partial charge is 0.279 e. The van der Waals surface area contributed by atoms with E-state index in [1.54, 1.807) is 0 Å². The summed E-state index contributed by atoms with van der Waals surface area (Å²) in [6.07, 6.45) is 7.46. The van der Waals surface area contributed by atoms with E-state index in [0.29, 0.717) is 0 Å². The monoisotopic (exact) mass is 430 g/mol. The van der Waals surface area contributed by atoms with Gasteiger partial charge in [0.1, 0.15) is 23.4 Å². The number of nitrogens with zero attached hydrogens (tertiary/aromatic N) is 8. The highest BCUT2D eigenvalue weighted by molar-refractivity contribution is 5.75. The normalized spacial score (nSPS) is 20.6. The smallest absolute Gasteiger partial charge is 0.143 e. The van der Waals surface area contributed by atoms with E-state index in [9.17, 15) is 0 Å². The molecule has 2 aromatic heterocycles. The van der Waals surface area contributed by atoms with E-state index in [2.05, 4.69) is 53.6 Å². The fourth-order valence-electron chi connectivity index (χ4n) is 5.47. The summed E-state index contributed by atoms with van der Waals surface area (Å²) in [5.41, 5.74) is 4.04. The van der Waals surface area contributed by atoms with E-state index >= 15 is 0 Å². The molecule has 2 fully saturated rings. The Kier molecular flexibility index (Phi) is 5.32. The zero-order valence-corrected chi connectivity index (χ0v) is 18.4. The lowest BCUT2D eigenvalue weighted by atomic mass is 10.1. The molecular weight excluding hydrogens is 400 g/mol. The lowest BCUT2D eigenvalue weighted by Gasteiger charge is -2.44. The summed E-state index contributed by atoms with van der Waals surface area (Å²) in [4.78, 5) is 5.20. The van der Waals surface area contributed by atoms with Crippen LogP contribution in [-0.2, 0) is 0 Å². The lowest BCUT2D eigenvalue weighted by molar-refractivity contribution is -0.0301. The van der Waals surface area contributed by atoms with Crippen molar-refractivity contribution >= 4 is 22.1 Å². The Hall–Kier alpha value is -2.84. The summed E-state index contributed by atoms with van der Waals surface area (Å²) >= 11 is 0. The summed E-state index contributed by atoms with van der Waals surface area (Å²) in [5, 5.41) is 18.5. The van der Waals surface area contributed by atoms with Gasteiger partial charge in [-0.1, -0.05) is 47.5 Å². The number of likely N-dealkylation sites (tertiary alicyclic amines) is 2. The fourth-order valence-corrected chi connectivity index (χ4v) is 5.47. The SMILES string of the molecule is c1ccc2c(c1)nnn2C(C(N1CCCCC1)n1nnc2ccccc21)N1CCCCC1. The molecule has 0 saturated carbocycles. The van der Waals surface area contributed by atoms with E-state index in [0.717, 1.165) is 48.2 Å². The summed E-state index contributed by atoms with van der Waals surface area (Å²) in [6, 6.07) is 16.6. The molecule has 6 rings (SSSR count).